The van der Waals surface area contributed by atoms with Gasteiger partial charge in [0.2, 0.25) is 0 Å². The van der Waals surface area contributed by atoms with Gasteiger partial charge in [-0.2, -0.15) is 0 Å². The van der Waals surface area contributed by atoms with Crippen LogP contribution in [0.1, 0.15) is 5.82 Å². The summed E-state index contributed by atoms with van der Waals surface area (Å²) in [6, 6.07) is 13.3. The summed E-state index contributed by atoms with van der Waals surface area (Å²) in [5, 5.41) is -0.0199. The van der Waals surface area contributed by atoms with Crippen LogP contribution >= 0.6 is 0 Å². The zero-order chi connectivity index (χ0) is 14.1. The van der Waals surface area contributed by atoms with Gasteiger partial charge in [-0.05, 0) is 24.3 Å². The lowest BCUT2D eigenvalue weighted by Gasteiger charge is -2.12. The van der Waals surface area contributed by atoms with Crippen molar-refractivity contribution < 1.29 is 4.39 Å². The van der Waals surface area contributed by atoms with E-state index >= 15 is 0 Å². The maximum atomic E-state index is 13.9. The first-order valence-corrected chi connectivity index (χ1v) is 6.18. The molecule has 0 unspecified atom stereocenters. The van der Waals surface area contributed by atoms with Crippen molar-refractivity contribution in [2.24, 2.45) is 5.73 Å². The second kappa shape index (κ2) is 4.86. The molecule has 5 heteroatoms. The molecule has 0 atom stereocenters. The molecule has 1 aromatic heterocycles. The predicted octanol–water partition coefficient (Wildman–Crippen LogP) is 1.98. The molecule has 2 N–H and O–H groups in total. The van der Waals surface area contributed by atoms with Gasteiger partial charge in [0.15, 0.2) is 0 Å². The molecule has 0 aliphatic carbocycles. The highest BCUT2D eigenvalue weighted by Gasteiger charge is 2.14. The highest BCUT2D eigenvalue weighted by molar-refractivity contribution is 5.78. The molecule has 3 aromatic rings. The molecule has 3 rings (SSSR count). The normalized spacial score (nSPS) is 10.9. The molecule has 0 bridgehead atoms. The van der Waals surface area contributed by atoms with E-state index in [-0.39, 0.29) is 11.9 Å². The zero-order valence-corrected chi connectivity index (χ0v) is 10.6. The van der Waals surface area contributed by atoms with Gasteiger partial charge in [0, 0.05) is 0 Å². The number of nitrogens with zero attached hydrogens (tertiary/aromatic N) is 2. The summed E-state index contributed by atoms with van der Waals surface area (Å²) in [5.41, 5.74) is 6.17. The molecule has 0 saturated carbocycles. The van der Waals surface area contributed by atoms with Crippen LogP contribution in [0.25, 0.3) is 16.6 Å². The Morgan fingerprint density at radius 2 is 1.85 bits per heavy atom. The Bertz CT molecular complexity index is 828. The van der Waals surface area contributed by atoms with Crippen LogP contribution in [0.15, 0.2) is 53.3 Å². The molecular weight excluding hydrogens is 257 g/mol. The van der Waals surface area contributed by atoms with Gasteiger partial charge >= 0.3 is 0 Å². The Morgan fingerprint density at radius 3 is 2.55 bits per heavy atom. The first kappa shape index (κ1) is 12.5. The number of nitrogens with two attached hydrogens (primary N) is 1. The van der Waals surface area contributed by atoms with E-state index in [2.05, 4.69) is 4.98 Å². The van der Waals surface area contributed by atoms with Crippen LogP contribution in [-0.2, 0) is 6.54 Å². The average molecular weight is 269 g/mol. The molecule has 0 radical (unpaired) electrons. The van der Waals surface area contributed by atoms with Crippen LogP contribution < -0.4 is 11.3 Å². The van der Waals surface area contributed by atoms with Crippen LogP contribution in [0.5, 0.6) is 0 Å². The maximum absolute atomic E-state index is 13.9. The van der Waals surface area contributed by atoms with Crippen molar-refractivity contribution in [1.29, 1.82) is 0 Å². The molecule has 0 aliphatic heterocycles. The van der Waals surface area contributed by atoms with Crippen LogP contribution in [-0.4, -0.2) is 9.55 Å². The number of fused-ring (bicyclic) bond motifs is 1. The van der Waals surface area contributed by atoms with Gasteiger partial charge in [-0.15, -0.1) is 0 Å². The summed E-state index contributed by atoms with van der Waals surface area (Å²) in [6.45, 7) is 0.0938. The molecule has 20 heavy (non-hydrogen) atoms. The van der Waals surface area contributed by atoms with E-state index in [0.717, 1.165) is 0 Å². The summed E-state index contributed by atoms with van der Waals surface area (Å²) >= 11 is 0. The molecule has 4 nitrogen and oxygen atoms in total. The van der Waals surface area contributed by atoms with Crippen molar-refractivity contribution in [2.45, 2.75) is 6.54 Å². The van der Waals surface area contributed by atoms with Crippen molar-refractivity contribution in [2.75, 3.05) is 0 Å². The van der Waals surface area contributed by atoms with E-state index in [0.29, 0.717) is 17.0 Å². The van der Waals surface area contributed by atoms with Crippen LogP contribution in [0.4, 0.5) is 4.39 Å². The Hall–Kier alpha value is -2.53. The van der Waals surface area contributed by atoms with Crippen molar-refractivity contribution in [3.05, 3.63) is 70.5 Å². The van der Waals surface area contributed by atoms with E-state index < -0.39 is 11.4 Å². The summed E-state index contributed by atoms with van der Waals surface area (Å²) in [6.07, 6.45) is 0. The molecule has 0 spiro atoms. The summed E-state index contributed by atoms with van der Waals surface area (Å²) < 4.78 is 15.2. The summed E-state index contributed by atoms with van der Waals surface area (Å²) in [5.74, 6) is -0.174. The van der Waals surface area contributed by atoms with Gasteiger partial charge < -0.3 is 5.73 Å². The number of rotatable bonds is 2. The van der Waals surface area contributed by atoms with E-state index in [1.807, 2.05) is 6.07 Å². The number of para-hydroxylation sites is 1. The fourth-order valence-electron chi connectivity index (χ4n) is 2.22. The Morgan fingerprint density at radius 1 is 1.10 bits per heavy atom. The fraction of sp³-hybridized carbons (Fsp3) is 0.0667. The average Bonchev–Trinajstić information content (AvgIpc) is 2.47. The van der Waals surface area contributed by atoms with E-state index in [9.17, 15) is 9.18 Å². The Kier molecular flexibility index (Phi) is 3.04. The highest BCUT2D eigenvalue weighted by atomic mass is 19.1. The van der Waals surface area contributed by atoms with Gasteiger partial charge in [0.05, 0.1) is 17.7 Å². The van der Waals surface area contributed by atoms with Gasteiger partial charge in [-0.25, -0.2) is 9.37 Å². The third kappa shape index (κ3) is 1.88. The number of benzene rings is 2. The van der Waals surface area contributed by atoms with E-state index in [1.54, 1.807) is 30.3 Å². The van der Waals surface area contributed by atoms with Gasteiger partial charge in [0.1, 0.15) is 17.0 Å². The van der Waals surface area contributed by atoms with Crippen LogP contribution in [0, 0.1) is 5.82 Å². The lowest BCUT2D eigenvalue weighted by molar-refractivity contribution is 0.636. The molecule has 0 amide bonds. The van der Waals surface area contributed by atoms with Crippen LogP contribution in [0.3, 0.4) is 0 Å². The quantitative estimate of drug-likeness (QED) is 0.774. The molecular formula is C15H12FN3O. The number of hydrogen-bond donors (Lipinski definition) is 1. The van der Waals surface area contributed by atoms with E-state index in [1.165, 1.54) is 16.7 Å². The smallest absolute Gasteiger partial charge is 0.268 e. The fourth-order valence-corrected chi connectivity index (χ4v) is 2.22. The molecule has 2 aromatic carbocycles. The standard InChI is InChI=1S/C15H12FN3O/c16-11-7-4-8-12-14(11)15(20)19(13(9-17)18-12)10-5-2-1-3-6-10/h1-8H,9,17H2. The van der Waals surface area contributed by atoms with E-state index in [4.69, 9.17) is 5.73 Å². The molecule has 0 fully saturated rings. The lowest BCUT2D eigenvalue weighted by atomic mass is 10.2. The van der Waals surface area contributed by atoms with Gasteiger partial charge in [0.25, 0.3) is 5.56 Å². The summed E-state index contributed by atoms with van der Waals surface area (Å²) in [4.78, 5) is 16.8. The minimum absolute atomic E-state index is 0.0199. The zero-order valence-electron chi connectivity index (χ0n) is 10.6. The van der Waals surface area contributed by atoms with Crippen molar-refractivity contribution in [3.63, 3.8) is 0 Å². The number of aromatic nitrogens is 2. The Balaban J connectivity index is 2.45. The molecule has 100 valence electrons. The van der Waals surface area contributed by atoms with Crippen molar-refractivity contribution in [1.82, 2.24) is 9.55 Å². The van der Waals surface area contributed by atoms with Crippen molar-refractivity contribution in [3.8, 4) is 5.69 Å². The van der Waals surface area contributed by atoms with Gasteiger partial charge in [-0.3, -0.25) is 9.36 Å². The number of hydrogen-bond acceptors (Lipinski definition) is 3. The predicted molar refractivity (Wildman–Crippen MR) is 75.2 cm³/mol. The highest BCUT2D eigenvalue weighted by Crippen LogP contribution is 2.15. The summed E-state index contributed by atoms with van der Waals surface area (Å²) in [7, 11) is 0. The maximum Gasteiger partial charge on any atom is 0.268 e. The molecule has 0 aliphatic rings. The minimum atomic E-state index is -0.576. The Labute approximate surface area is 114 Å². The first-order chi connectivity index (χ1) is 9.72. The number of halogens is 1. The third-order valence-electron chi connectivity index (χ3n) is 3.11. The second-order valence-electron chi connectivity index (χ2n) is 4.34. The largest absolute Gasteiger partial charge is 0.324 e. The second-order valence-corrected chi connectivity index (χ2v) is 4.34. The van der Waals surface area contributed by atoms with Gasteiger partial charge in [-0.1, -0.05) is 24.3 Å². The molecule has 0 saturated heterocycles. The molecule has 1 heterocycles. The third-order valence-corrected chi connectivity index (χ3v) is 3.11. The van der Waals surface area contributed by atoms with Crippen LogP contribution in [0.2, 0.25) is 0 Å². The topological polar surface area (TPSA) is 60.9 Å². The van der Waals surface area contributed by atoms with Crippen molar-refractivity contribution >= 4 is 10.9 Å². The first-order valence-electron chi connectivity index (χ1n) is 6.18. The lowest BCUT2D eigenvalue weighted by Crippen LogP contribution is -2.26. The SMILES string of the molecule is NCc1nc2cccc(F)c2c(=O)n1-c1ccccc1. The minimum Gasteiger partial charge on any atom is -0.324 e. The monoisotopic (exact) mass is 269 g/mol.